The van der Waals surface area contributed by atoms with Crippen molar-refractivity contribution in [3.8, 4) is 0 Å². The fraction of sp³-hybridized carbons (Fsp3) is 0.933. The number of hydrogen-bond acceptors (Lipinski definition) is 4. The Labute approximate surface area is 125 Å². The Hall–Kier alpha value is -0.260. The summed E-state index contributed by atoms with van der Waals surface area (Å²) in [6.45, 7) is 0.898. The number of ether oxygens (including phenoxy) is 1. The second kappa shape index (κ2) is 6.24. The third kappa shape index (κ3) is 3.31. The number of rotatable bonds is 3. The van der Waals surface area contributed by atoms with Crippen molar-refractivity contribution in [1.82, 2.24) is 5.32 Å². The normalized spacial score (nSPS) is 41.9. The zero-order valence-electron chi connectivity index (χ0n) is 12.1. The van der Waals surface area contributed by atoms with E-state index < -0.39 is 0 Å². The highest BCUT2D eigenvalue weighted by Gasteiger charge is 2.41. The summed E-state index contributed by atoms with van der Waals surface area (Å²) < 4.78 is 6.07. The van der Waals surface area contributed by atoms with Crippen LogP contribution in [0.3, 0.4) is 0 Å². The quantitative estimate of drug-likeness (QED) is 0.832. The number of hydrogen-bond donors (Lipinski definition) is 2. The van der Waals surface area contributed by atoms with Gasteiger partial charge in [0.1, 0.15) is 0 Å². The molecule has 20 heavy (non-hydrogen) atoms. The van der Waals surface area contributed by atoms with Crippen LogP contribution in [-0.4, -0.2) is 41.7 Å². The number of thioether (sulfide) groups is 1. The molecule has 2 heterocycles. The van der Waals surface area contributed by atoms with Crippen LogP contribution in [0.1, 0.15) is 44.9 Å². The van der Waals surface area contributed by atoms with E-state index in [1.807, 2.05) is 11.8 Å². The van der Waals surface area contributed by atoms with Gasteiger partial charge in [0, 0.05) is 30.4 Å². The molecule has 0 aromatic rings. The lowest BCUT2D eigenvalue weighted by Gasteiger charge is -2.40. The van der Waals surface area contributed by atoms with E-state index in [1.54, 1.807) is 0 Å². The van der Waals surface area contributed by atoms with Crippen LogP contribution in [0, 0.1) is 5.92 Å². The van der Waals surface area contributed by atoms with E-state index in [-0.39, 0.29) is 17.4 Å². The maximum absolute atomic E-state index is 11.2. The van der Waals surface area contributed by atoms with Crippen LogP contribution in [0.5, 0.6) is 0 Å². The van der Waals surface area contributed by atoms with Crippen molar-refractivity contribution in [2.24, 2.45) is 11.7 Å². The molecule has 3 rings (SSSR count). The molecule has 2 aliphatic heterocycles. The minimum absolute atomic E-state index is 0.111. The Morgan fingerprint density at radius 2 is 2.00 bits per heavy atom. The molecule has 1 spiro atoms. The van der Waals surface area contributed by atoms with Crippen LogP contribution < -0.4 is 11.1 Å². The van der Waals surface area contributed by atoms with Gasteiger partial charge in [0.05, 0.1) is 5.60 Å². The maximum Gasteiger partial charge on any atom is 0.220 e. The van der Waals surface area contributed by atoms with Gasteiger partial charge in [0.15, 0.2) is 0 Å². The van der Waals surface area contributed by atoms with Crippen molar-refractivity contribution < 1.29 is 9.53 Å². The molecule has 4 nitrogen and oxygen atoms in total. The molecule has 3 aliphatic rings. The highest BCUT2D eigenvalue weighted by atomic mass is 32.2. The SMILES string of the molecule is NC(=O)C1CCC(NC2CCOC3(CCSC3)C2)CC1. The van der Waals surface area contributed by atoms with Gasteiger partial charge in [-0.15, -0.1) is 0 Å². The lowest BCUT2D eigenvalue weighted by Crippen LogP contribution is -2.50. The number of carbonyl (C=O) groups excluding carboxylic acids is 1. The molecule has 3 N–H and O–H groups in total. The fourth-order valence-electron chi connectivity index (χ4n) is 3.91. The van der Waals surface area contributed by atoms with E-state index >= 15 is 0 Å². The zero-order chi connectivity index (χ0) is 14.0. The average Bonchev–Trinajstić information content (AvgIpc) is 2.87. The highest BCUT2D eigenvalue weighted by Crippen LogP contribution is 2.38. The van der Waals surface area contributed by atoms with Gasteiger partial charge in [-0.2, -0.15) is 11.8 Å². The highest BCUT2D eigenvalue weighted by molar-refractivity contribution is 7.99. The summed E-state index contributed by atoms with van der Waals surface area (Å²) in [6.07, 6.45) is 7.59. The first-order chi connectivity index (χ1) is 9.67. The second-order valence-electron chi connectivity index (χ2n) is 6.64. The Kier molecular flexibility index (Phi) is 4.58. The van der Waals surface area contributed by atoms with Gasteiger partial charge in [-0.3, -0.25) is 4.79 Å². The molecule has 5 heteroatoms. The summed E-state index contributed by atoms with van der Waals surface area (Å²) in [6, 6.07) is 1.16. The summed E-state index contributed by atoms with van der Waals surface area (Å²) in [7, 11) is 0. The molecular formula is C15H26N2O2S. The Balaban J connectivity index is 1.47. The first-order valence-corrected chi connectivity index (χ1v) is 9.09. The average molecular weight is 298 g/mol. The Morgan fingerprint density at radius 1 is 1.20 bits per heavy atom. The van der Waals surface area contributed by atoms with E-state index in [0.29, 0.717) is 12.1 Å². The number of nitrogens with one attached hydrogen (secondary N) is 1. The van der Waals surface area contributed by atoms with Gasteiger partial charge in [-0.1, -0.05) is 0 Å². The third-order valence-corrected chi connectivity index (χ3v) is 6.38. The minimum Gasteiger partial charge on any atom is -0.374 e. The predicted molar refractivity (Wildman–Crippen MR) is 81.7 cm³/mol. The van der Waals surface area contributed by atoms with Crippen molar-refractivity contribution in [3.05, 3.63) is 0 Å². The molecule has 0 aromatic carbocycles. The van der Waals surface area contributed by atoms with E-state index in [1.165, 1.54) is 17.9 Å². The number of primary amides is 1. The molecule has 1 amide bonds. The second-order valence-corrected chi connectivity index (χ2v) is 7.75. The van der Waals surface area contributed by atoms with Gasteiger partial charge in [-0.05, 0) is 50.7 Å². The molecule has 0 radical (unpaired) electrons. The molecule has 1 aliphatic carbocycles. The summed E-state index contributed by atoms with van der Waals surface area (Å²) in [4.78, 5) is 11.2. The fourth-order valence-corrected chi connectivity index (χ4v) is 5.29. The summed E-state index contributed by atoms with van der Waals surface area (Å²) >= 11 is 2.03. The van der Waals surface area contributed by atoms with Crippen molar-refractivity contribution in [1.29, 1.82) is 0 Å². The van der Waals surface area contributed by atoms with Crippen LogP contribution in [-0.2, 0) is 9.53 Å². The summed E-state index contributed by atoms with van der Waals surface area (Å²) in [5, 5.41) is 3.83. The van der Waals surface area contributed by atoms with Crippen molar-refractivity contribution in [2.75, 3.05) is 18.1 Å². The molecule has 2 unspecified atom stereocenters. The largest absolute Gasteiger partial charge is 0.374 e. The van der Waals surface area contributed by atoms with E-state index in [2.05, 4.69) is 5.32 Å². The molecule has 3 fully saturated rings. The standard InChI is InChI=1S/C15H26N2O2S/c16-14(18)11-1-3-12(4-2-11)17-13-5-7-19-15(9-13)6-8-20-10-15/h11-13,17H,1-10H2,(H2,16,18). The van der Waals surface area contributed by atoms with Gasteiger partial charge in [-0.25, -0.2) is 0 Å². The van der Waals surface area contributed by atoms with E-state index in [4.69, 9.17) is 10.5 Å². The van der Waals surface area contributed by atoms with Gasteiger partial charge in [0.2, 0.25) is 5.91 Å². The van der Waals surface area contributed by atoms with Crippen molar-refractivity contribution in [2.45, 2.75) is 62.6 Å². The van der Waals surface area contributed by atoms with Gasteiger partial charge >= 0.3 is 0 Å². The van der Waals surface area contributed by atoms with Crippen LogP contribution in [0.4, 0.5) is 0 Å². The van der Waals surface area contributed by atoms with Crippen molar-refractivity contribution in [3.63, 3.8) is 0 Å². The van der Waals surface area contributed by atoms with Gasteiger partial charge in [0.25, 0.3) is 0 Å². The first-order valence-electron chi connectivity index (χ1n) is 7.94. The minimum atomic E-state index is -0.114. The zero-order valence-corrected chi connectivity index (χ0v) is 12.9. The number of nitrogens with two attached hydrogens (primary N) is 1. The predicted octanol–water partition coefficient (Wildman–Crippen LogP) is 1.67. The lowest BCUT2D eigenvalue weighted by molar-refractivity contribution is -0.122. The Bertz CT molecular complexity index is 350. The maximum atomic E-state index is 11.2. The first kappa shape index (κ1) is 14.7. The molecular weight excluding hydrogens is 272 g/mol. The molecule has 0 aromatic heterocycles. The summed E-state index contributed by atoms with van der Waals surface area (Å²) in [5.74, 6) is 2.41. The van der Waals surface area contributed by atoms with Crippen LogP contribution in [0.15, 0.2) is 0 Å². The monoisotopic (exact) mass is 298 g/mol. The molecule has 0 bridgehead atoms. The smallest absolute Gasteiger partial charge is 0.220 e. The third-order valence-electron chi connectivity index (χ3n) is 5.16. The molecule has 2 atom stereocenters. The van der Waals surface area contributed by atoms with Crippen LogP contribution in [0.2, 0.25) is 0 Å². The molecule has 1 saturated carbocycles. The number of amides is 1. The van der Waals surface area contributed by atoms with Gasteiger partial charge < -0.3 is 15.8 Å². The Morgan fingerprint density at radius 3 is 2.65 bits per heavy atom. The van der Waals surface area contributed by atoms with Crippen LogP contribution in [0.25, 0.3) is 0 Å². The van der Waals surface area contributed by atoms with Crippen molar-refractivity contribution >= 4 is 17.7 Å². The topological polar surface area (TPSA) is 64.4 Å². The van der Waals surface area contributed by atoms with E-state index in [9.17, 15) is 4.79 Å². The molecule has 2 saturated heterocycles. The van der Waals surface area contributed by atoms with E-state index in [0.717, 1.165) is 45.1 Å². The summed E-state index contributed by atoms with van der Waals surface area (Å²) in [5.41, 5.74) is 5.55. The number of carbonyl (C=O) groups is 1. The molecule has 114 valence electrons. The van der Waals surface area contributed by atoms with Crippen LogP contribution >= 0.6 is 11.8 Å². The lowest BCUT2D eigenvalue weighted by atomic mass is 9.84.